The lowest BCUT2D eigenvalue weighted by Crippen LogP contribution is -2.47. The molecule has 7 heteroatoms. The highest BCUT2D eigenvalue weighted by atomic mass is 127. The fourth-order valence-electron chi connectivity index (χ4n) is 2.77. The Labute approximate surface area is 152 Å². The third-order valence-corrected chi connectivity index (χ3v) is 3.95. The number of nitrogens with one attached hydrogen (secondary N) is 1. The van der Waals surface area contributed by atoms with Crippen LogP contribution >= 0.6 is 24.0 Å². The summed E-state index contributed by atoms with van der Waals surface area (Å²) in [7, 11) is 0. The molecule has 0 saturated carbocycles. The first-order valence-electron chi connectivity index (χ1n) is 7.55. The van der Waals surface area contributed by atoms with Crippen molar-refractivity contribution < 1.29 is 9.13 Å². The molecular formula is C16H22FIN4O. The summed E-state index contributed by atoms with van der Waals surface area (Å²) < 4.78 is 18.8. The van der Waals surface area contributed by atoms with Crippen LogP contribution in [0.25, 0.3) is 10.9 Å². The van der Waals surface area contributed by atoms with E-state index in [4.69, 9.17) is 10.5 Å². The van der Waals surface area contributed by atoms with Crippen molar-refractivity contribution in [2.75, 3.05) is 26.2 Å². The average molecular weight is 432 g/mol. The number of hydrogen-bond donors (Lipinski definition) is 2. The maximum absolute atomic E-state index is 13.3. The summed E-state index contributed by atoms with van der Waals surface area (Å²) >= 11 is 0. The zero-order valence-corrected chi connectivity index (χ0v) is 15.4. The SMILES string of the molecule is CC1CN(C(N)=NCCc2c[nH]c3ccc(F)cc23)CCO1.I. The van der Waals surface area contributed by atoms with Crippen molar-refractivity contribution in [2.45, 2.75) is 19.4 Å². The second kappa shape index (κ2) is 7.96. The van der Waals surface area contributed by atoms with E-state index >= 15 is 0 Å². The van der Waals surface area contributed by atoms with Gasteiger partial charge in [0.15, 0.2) is 5.96 Å². The fourth-order valence-corrected chi connectivity index (χ4v) is 2.77. The first-order valence-corrected chi connectivity index (χ1v) is 7.55. The van der Waals surface area contributed by atoms with E-state index < -0.39 is 0 Å². The van der Waals surface area contributed by atoms with Gasteiger partial charge in [0.05, 0.1) is 12.7 Å². The number of nitrogens with two attached hydrogens (primary N) is 1. The van der Waals surface area contributed by atoms with Gasteiger partial charge in [0.25, 0.3) is 0 Å². The minimum Gasteiger partial charge on any atom is -0.375 e. The van der Waals surface area contributed by atoms with Crippen molar-refractivity contribution in [3.63, 3.8) is 0 Å². The van der Waals surface area contributed by atoms with E-state index in [2.05, 4.69) is 9.98 Å². The van der Waals surface area contributed by atoms with E-state index in [0.717, 1.165) is 36.0 Å². The summed E-state index contributed by atoms with van der Waals surface area (Å²) in [5.41, 5.74) is 8.04. The lowest BCUT2D eigenvalue weighted by molar-refractivity contribution is 0.00530. The quantitative estimate of drug-likeness (QED) is 0.445. The van der Waals surface area contributed by atoms with E-state index in [1.165, 1.54) is 6.07 Å². The Morgan fingerprint density at radius 3 is 3.13 bits per heavy atom. The largest absolute Gasteiger partial charge is 0.375 e. The second-order valence-corrected chi connectivity index (χ2v) is 5.62. The van der Waals surface area contributed by atoms with Crippen LogP contribution in [0.3, 0.4) is 0 Å². The lowest BCUT2D eigenvalue weighted by atomic mass is 10.1. The maximum atomic E-state index is 13.3. The highest BCUT2D eigenvalue weighted by Crippen LogP contribution is 2.19. The van der Waals surface area contributed by atoms with Gasteiger partial charge in [-0.1, -0.05) is 0 Å². The zero-order valence-electron chi connectivity index (χ0n) is 13.1. The molecule has 0 bridgehead atoms. The molecule has 23 heavy (non-hydrogen) atoms. The molecule has 1 aliphatic rings. The number of H-pyrrole nitrogens is 1. The topological polar surface area (TPSA) is 66.6 Å². The number of ether oxygens (including phenoxy) is 1. The van der Waals surface area contributed by atoms with Crippen LogP contribution in [0.2, 0.25) is 0 Å². The van der Waals surface area contributed by atoms with Gasteiger partial charge in [-0.15, -0.1) is 24.0 Å². The van der Waals surface area contributed by atoms with Gasteiger partial charge in [0.1, 0.15) is 5.82 Å². The predicted octanol–water partition coefficient (Wildman–Crippen LogP) is 2.50. The normalized spacial score (nSPS) is 19.0. The molecule has 1 unspecified atom stereocenters. The highest BCUT2D eigenvalue weighted by molar-refractivity contribution is 14.0. The fraction of sp³-hybridized carbons (Fsp3) is 0.438. The number of nitrogens with zero attached hydrogens (tertiary/aromatic N) is 2. The first kappa shape index (κ1) is 18.0. The van der Waals surface area contributed by atoms with E-state index in [1.54, 1.807) is 12.1 Å². The lowest BCUT2D eigenvalue weighted by Gasteiger charge is -2.31. The van der Waals surface area contributed by atoms with Crippen LogP contribution in [0.5, 0.6) is 0 Å². The van der Waals surface area contributed by atoms with Gasteiger partial charge >= 0.3 is 0 Å². The molecule has 1 saturated heterocycles. The standard InChI is InChI=1S/C16H21FN4O.HI/c1-11-10-21(6-7-22-11)16(18)19-5-4-12-9-20-15-3-2-13(17)8-14(12)15;/h2-3,8-9,11,20H,4-7,10H2,1H3,(H2,18,19);1H. The Bertz CT molecular complexity index is 688. The molecule has 0 spiro atoms. The minimum atomic E-state index is -0.223. The first-order chi connectivity index (χ1) is 10.6. The molecule has 0 aliphatic carbocycles. The maximum Gasteiger partial charge on any atom is 0.191 e. The highest BCUT2D eigenvalue weighted by Gasteiger charge is 2.17. The van der Waals surface area contributed by atoms with Gasteiger partial charge in [0.2, 0.25) is 0 Å². The van der Waals surface area contributed by atoms with Crippen LogP contribution in [0.4, 0.5) is 4.39 Å². The number of guanidine groups is 1. The van der Waals surface area contributed by atoms with Crippen LogP contribution in [-0.4, -0.2) is 48.2 Å². The number of benzene rings is 1. The smallest absolute Gasteiger partial charge is 0.191 e. The molecule has 5 nitrogen and oxygen atoms in total. The molecule has 0 radical (unpaired) electrons. The van der Waals surface area contributed by atoms with Crippen LogP contribution in [0.15, 0.2) is 29.4 Å². The Balaban J connectivity index is 0.00000192. The molecule has 1 aliphatic heterocycles. The summed E-state index contributed by atoms with van der Waals surface area (Å²) in [5, 5.41) is 0.911. The van der Waals surface area contributed by atoms with Crippen molar-refractivity contribution in [1.29, 1.82) is 0 Å². The Morgan fingerprint density at radius 2 is 2.35 bits per heavy atom. The number of hydrogen-bond acceptors (Lipinski definition) is 2. The Kier molecular flexibility index (Phi) is 6.23. The third kappa shape index (κ3) is 4.35. The van der Waals surface area contributed by atoms with E-state index in [9.17, 15) is 4.39 Å². The van der Waals surface area contributed by atoms with Crippen molar-refractivity contribution in [3.05, 3.63) is 35.8 Å². The number of morpholine rings is 1. The van der Waals surface area contributed by atoms with E-state index in [1.807, 2.05) is 18.0 Å². The van der Waals surface area contributed by atoms with Crippen LogP contribution in [0.1, 0.15) is 12.5 Å². The summed E-state index contributed by atoms with van der Waals surface area (Å²) in [6.45, 7) is 4.84. The van der Waals surface area contributed by atoms with Gasteiger partial charge in [-0.3, -0.25) is 4.99 Å². The van der Waals surface area contributed by atoms with Crippen LogP contribution in [-0.2, 0) is 11.2 Å². The van der Waals surface area contributed by atoms with Gasteiger partial charge in [-0.2, -0.15) is 0 Å². The third-order valence-electron chi connectivity index (χ3n) is 3.95. The monoisotopic (exact) mass is 432 g/mol. The molecule has 0 amide bonds. The van der Waals surface area contributed by atoms with E-state index in [0.29, 0.717) is 19.1 Å². The molecule has 1 aromatic heterocycles. The second-order valence-electron chi connectivity index (χ2n) is 5.62. The summed E-state index contributed by atoms with van der Waals surface area (Å²) in [6, 6.07) is 4.76. The van der Waals surface area contributed by atoms with Gasteiger partial charge in [0, 0.05) is 36.7 Å². The van der Waals surface area contributed by atoms with Crippen molar-refractivity contribution >= 4 is 40.8 Å². The van der Waals surface area contributed by atoms with Gasteiger partial charge in [-0.25, -0.2) is 4.39 Å². The van der Waals surface area contributed by atoms with Crippen molar-refractivity contribution in [2.24, 2.45) is 10.7 Å². The number of aromatic nitrogens is 1. The molecule has 2 heterocycles. The average Bonchev–Trinajstić information content (AvgIpc) is 2.89. The molecule has 1 atom stereocenters. The summed E-state index contributed by atoms with van der Waals surface area (Å²) in [4.78, 5) is 9.64. The molecule has 3 N–H and O–H groups in total. The number of halogens is 2. The molecule has 2 aromatic rings. The molecule has 126 valence electrons. The Morgan fingerprint density at radius 1 is 1.52 bits per heavy atom. The van der Waals surface area contributed by atoms with Crippen molar-refractivity contribution in [1.82, 2.24) is 9.88 Å². The van der Waals surface area contributed by atoms with Gasteiger partial charge < -0.3 is 20.4 Å². The zero-order chi connectivity index (χ0) is 15.5. The summed E-state index contributed by atoms with van der Waals surface area (Å²) in [5.74, 6) is 0.333. The molecule has 1 fully saturated rings. The molecule has 1 aromatic carbocycles. The summed E-state index contributed by atoms with van der Waals surface area (Å²) in [6.07, 6.45) is 2.82. The van der Waals surface area contributed by atoms with Crippen molar-refractivity contribution in [3.8, 4) is 0 Å². The number of aromatic amines is 1. The minimum absolute atomic E-state index is 0. The molecule has 3 rings (SSSR count). The predicted molar refractivity (Wildman–Crippen MR) is 101 cm³/mol. The van der Waals surface area contributed by atoms with Crippen LogP contribution in [0, 0.1) is 5.82 Å². The number of rotatable bonds is 3. The molecular weight excluding hydrogens is 410 g/mol. The number of fused-ring (bicyclic) bond motifs is 1. The Hall–Kier alpha value is -1.35. The van der Waals surface area contributed by atoms with E-state index in [-0.39, 0.29) is 35.9 Å². The van der Waals surface area contributed by atoms with Crippen LogP contribution < -0.4 is 5.73 Å². The van der Waals surface area contributed by atoms with Gasteiger partial charge in [-0.05, 0) is 37.1 Å². The number of aliphatic imine (C=N–C) groups is 1.